The summed E-state index contributed by atoms with van der Waals surface area (Å²) in [6.07, 6.45) is 6.66. The largest absolute Gasteiger partial charge is 0.351 e. The fraction of sp³-hybridized carbons (Fsp3) is 0.267. The standard InChI is InChI=1S/C15H16N2O/c1-3-7-12(4-2)16-15(18)14-10-11-8-5-6-9-13(11)17-14/h1,5-6,8-10,12,17H,4,7H2,2H3,(H,16,18). The summed E-state index contributed by atoms with van der Waals surface area (Å²) in [5.41, 5.74) is 1.54. The van der Waals surface area contributed by atoms with E-state index in [1.165, 1.54) is 0 Å². The summed E-state index contributed by atoms with van der Waals surface area (Å²) in [7, 11) is 0. The number of aromatic amines is 1. The van der Waals surface area contributed by atoms with E-state index in [2.05, 4.69) is 16.2 Å². The smallest absolute Gasteiger partial charge is 0.267 e. The van der Waals surface area contributed by atoms with Crippen molar-refractivity contribution < 1.29 is 4.79 Å². The molecule has 1 aromatic heterocycles. The fourth-order valence-electron chi connectivity index (χ4n) is 1.90. The molecule has 0 saturated carbocycles. The van der Waals surface area contributed by atoms with Crippen LogP contribution < -0.4 is 5.32 Å². The molecule has 1 amide bonds. The maximum atomic E-state index is 12.0. The summed E-state index contributed by atoms with van der Waals surface area (Å²) >= 11 is 0. The van der Waals surface area contributed by atoms with Gasteiger partial charge in [0.05, 0.1) is 0 Å². The number of aromatic nitrogens is 1. The first-order valence-electron chi connectivity index (χ1n) is 6.06. The molecule has 3 nitrogen and oxygen atoms in total. The lowest BCUT2D eigenvalue weighted by Crippen LogP contribution is -2.34. The molecular formula is C15H16N2O. The number of terminal acetylenes is 1. The van der Waals surface area contributed by atoms with Gasteiger partial charge in [-0.05, 0) is 18.6 Å². The Bertz CT molecular complexity index is 559. The van der Waals surface area contributed by atoms with Gasteiger partial charge in [-0.1, -0.05) is 25.1 Å². The molecule has 0 fully saturated rings. The Morgan fingerprint density at radius 1 is 1.50 bits per heavy atom. The van der Waals surface area contributed by atoms with Gasteiger partial charge in [0, 0.05) is 23.4 Å². The zero-order valence-corrected chi connectivity index (χ0v) is 10.4. The summed E-state index contributed by atoms with van der Waals surface area (Å²) in [4.78, 5) is 15.2. The maximum Gasteiger partial charge on any atom is 0.267 e. The topological polar surface area (TPSA) is 44.9 Å². The molecule has 0 radical (unpaired) electrons. The number of carbonyl (C=O) groups excluding carboxylic acids is 1. The number of rotatable bonds is 4. The van der Waals surface area contributed by atoms with E-state index >= 15 is 0 Å². The summed E-state index contributed by atoms with van der Waals surface area (Å²) in [6.45, 7) is 2.01. The molecule has 0 aliphatic heterocycles. The maximum absolute atomic E-state index is 12.0. The van der Waals surface area contributed by atoms with Crippen molar-refractivity contribution in [3.05, 3.63) is 36.0 Å². The molecule has 1 heterocycles. The molecule has 1 atom stereocenters. The van der Waals surface area contributed by atoms with Crippen molar-refractivity contribution in [1.82, 2.24) is 10.3 Å². The van der Waals surface area contributed by atoms with Crippen LogP contribution in [0, 0.1) is 12.3 Å². The molecule has 1 aromatic carbocycles. The zero-order chi connectivity index (χ0) is 13.0. The molecule has 2 rings (SSSR count). The lowest BCUT2D eigenvalue weighted by molar-refractivity contribution is 0.0932. The zero-order valence-electron chi connectivity index (χ0n) is 10.4. The molecule has 92 valence electrons. The van der Waals surface area contributed by atoms with Crippen molar-refractivity contribution in [3.63, 3.8) is 0 Å². The minimum atomic E-state index is -0.103. The van der Waals surface area contributed by atoms with Crippen molar-refractivity contribution in [3.8, 4) is 12.3 Å². The second-order valence-corrected chi connectivity index (χ2v) is 4.26. The van der Waals surface area contributed by atoms with Gasteiger partial charge in [-0.15, -0.1) is 12.3 Å². The lowest BCUT2D eigenvalue weighted by Gasteiger charge is -2.13. The molecule has 1 unspecified atom stereocenters. The molecule has 0 aliphatic carbocycles. The SMILES string of the molecule is C#CCC(CC)NC(=O)c1cc2ccccc2[nH]1. The van der Waals surface area contributed by atoms with E-state index in [1.54, 1.807) is 0 Å². The van der Waals surface area contributed by atoms with Crippen molar-refractivity contribution in [1.29, 1.82) is 0 Å². The number of H-pyrrole nitrogens is 1. The minimum absolute atomic E-state index is 0.0360. The molecule has 0 spiro atoms. The van der Waals surface area contributed by atoms with Crippen LogP contribution in [0.15, 0.2) is 30.3 Å². The molecule has 0 saturated heterocycles. The third-order valence-electron chi connectivity index (χ3n) is 2.97. The van der Waals surface area contributed by atoms with E-state index in [-0.39, 0.29) is 11.9 Å². The van der Waals surface area contributed by atoms with Crippen molar-refractivity contribution in [2.75, 3.05) is 0 Å². The van der Waals surface area contributed by atoms with Crippen LogP contribution in [0.2, 0.25) is 0 Å². The van der Waals surface area contributed by atoms with Crippen LogP contribution in [0.5, 0.6) is 0 Å². The van der Waals surface area contributed by atoms with Crippen LogP contribution in [0.25, 0.3) is 10.9 Å². The van der Waals surface area contributed by atoms with Gasteiger partial charge < -0.3 is 10.3 Å². The second-order valence-electron chi connectivity index (χ2n) is 4.26. The van der Waals surface area contributed by atoms with E-state index in [0.717, 1.165) is 17.3 Å². The summed E-state index contributed by atoms with van der Waals surface area (Å²) < 4.78 is 0. The molecule has 18 heavy (non-hydrogen) atoms. The highest BCUT2D eigenvalue weighted by atomic mass is 16.1. The number of fused-ring (bicyclic) bond motifs is 1. The van der Waals surface area contributed by atoms with Gasteiger partial charge >= 0.3 is 0 Å². The number of hydrogen-bond acceptors (Lipinski definition) is 1. The van der Waals surface area contributed by atoms with E-state index in [1.807, 2.05) is 37.3 Å². The normalized spacial score (nSPS) is 12.0. The van der Waals surface area contributed by atoms with Crippen LogP contribution in [0.1, 0.15) is 30.3 Å². The number of amides is 1. The second kappa shape index (κ2) is 5.42. The minimum Gasteiger partial charge on any atom is -0.351 e. The van der Waals surface area contributed by atoms with Crippen LogP contribution in [-0.2, 0) is 0 Å². The van der Waals surface area contributed by atoms with E-state index in [9.17, 15) is 4.79 Å². The highest BCUT2D eigenvalue weighted by molar-refractivity contribution is 5.98. The first kappa shape index (κ1) is 12.3. The van der Waals surface area contributed by atoms with Gasteiger partial charge in [0.2, 0.25) is 0 Å². The molecule has 0 bridgehead atoms. The molecule has 2 N–H and O–H groups in total. The Labute approximate surface area is 107 Å². The Kier molecular flexibility index (Phi) is 3.69. The van der Waals surface area contributed by atoms with E-state index in [0.29, 0.717) is 12.1 Å². The van der Waals surface area contributed by atoms with Gasteiger partial charge in [-0.2, -0.15) is 0 Å². The van der Waals surface area contributed by atoms with Gasteiger partial charge in [-0.3, -0.25) is 4.79 Å². The number of benzene rings is 1. The Balaban J connectivity index is 2.16. The fourth-order valence-corrected chi connectivity index (χ4v) is 1.90. The Morgan fingerprint density at radius 3 is 2.94 bits per heavy atom. The first-order valence-corrected chi connectivity index (χ1v) is 6.06. The summed E-state index contributed by atoms with van der Waals surface area (Å²) in [6, 6.07) is 9.70. The Morgan fingerprint density at radius 2 is 2.28 bits per heavy atom. The first-order chi connectivity index (χ1) is 8.74. The number of hydrogen-bond donors (Lipinski definition) is 2. The molecule has 3 heteroatoms. The number of para-hydroxylation sites is 1. The molecular weight excluding hydrogens is 224 g/mol. The number of carbonyl (C=O) groups is 1. The predicted octanol–water partition coefficient (Wildman–Crippen LogP) is 2.70. The average Bonchev–Trinajstić information content (AvgIpc) is 2.82. The highest BCUT2D eigenvalue weighted by Crippen LogP contribution is 2.14. The van der Waals surface area contributed by atoms with Crippen LogP contribution in [-0.4, -0.2) is 16.9 Å². The Hall–Kier alpha value is -2.21. The lowest BCUT2D eigenvalue weighted by atomic mass is 10.1. The van der Waals surface area contributed by atoms with E-state index < -0.39 is 0 Å². The highest BCUT2D eigenvalue weighted by Gasteiger charge is 2.13. The average molecular weight is 240 g/mol. The van der Waals surface area contributed by atoms with Crippen molar-refractivity contribution in [2.45, 2.75) is 25.8 Å². The molecule has 0 aliphatic rings. The predicted molar refractivity (Wildman–Crippen MR) is 73.3 cm³/mol. The van der Waals surface area contributed by atoms with Crippen molar-refractivity contribution in [2.24, 2.45) is 0 Å². The van der Waals surface area contributed by atoms with Gasteiger partial charge in [0.15, 0.2) is 0 Å². The summed E-state index contributed by atoms with van der Waals surface area (Å²) in [5, 5.41) is 3.97. The van der Waals surface area contributed by atoms with Crippen LogP contribution in [0.4, 0.5) is 0 Å². The van der Waals surface area contributed by atoms with Gasteiger partial charge in [0.1, 0.15) is 5.69 Å². The van der Waals surface area contributed by atoms with E-state index in [4.69, 9.17) is 6.42 Å². The van der Waals surface area contributed by atoms with Gasteiger partial charge in [0.25, 0.3) is 5.91 Å². The van der Waals surface area contributed by atoms with Crippen LogP contribution in [0.3, 0.4) is 0 Å². The monoisotopic (exact) mass is 240 g/mol. The van der Waals surface area contributed by atoms with Crippen LogP contribution >= 0.6 is 0 Å². The third-order valence-corrected chi connectivity index (χ3v) is 2.97. The van der Waals surface area contributed by atoms with Gasteiger partial charge in [-0.25, -0.2) is 0 Å². The quantitative estimate of drug-likeness (QED) is 0.793. The number of nitrogens with one attached hydrogen (secondary N) is 2. The third kappa shape index (κ3) is 2.54. The summed E-state index contributed by atoms with van der Waals surface area (Å²) in [5.74, 6) is 2.47. The molecule has 2 aromatic rings. The van der Waals surface area contributed by atoms with Crippen molar-refractivity contribution >= 4 is 16.8 Å².